The van der Waals surface area contributed by atoms with Crippen LogP contribution >= 0.6 is 0 Å². The van der Waals surface area contributed by atoms with Gasteiger partial charge in [-0.3, -0.25) is 4.79 Å². The van der Waals surface area contributed by atoms with Crippen molar-refractivity contribution in [2.45, 2.75) is 13.5 Å². The van der Waals surface area contributed by atoms with Crippen LogP contribution in [-0.2, 0) is 21.5 Å². The van der Waals surface area contributed by atoms with Crippen molar-refractivity contribution >= 4 is 27.4 Å². The number of hydrogen-bond donors (Lipinski definition) is 1. The summed E-state index contributed by atoms with van der Waals surface area (Å²) in [5.41, 5.74) is 2.10. The molecule has 1 N–H and O–H groups in total. The third-order valence-electron chi connectivity index (χ3n) is 4.85. The smallest absolute Gasteiger partial charge is 0.344 e. The zero-order valence-electron chi connectivity index (χ0n) is 17.9. The third kappa shape index (κ3) is 5.09. The van der Waals surface area contributed by atoms with Gasteiger partial charge in [0.05, 0.1) is 18.4 Å². The zero-order valence-corrected chi connectivity index (χ0v) is 18.7. The van der Waals surface area contributed by atoms with Gasteiger partial charge >= 0.3 is 10.2 Å². The number of carbonyl (C=O) groups excluding carboxylic acids is 1. The Morgan fingerprint density at radius 3 is 2.55 bits per heavy atom. The molecule has 1 aliphatic heterocycles. The Hall–Kier alpha value is -3.99. The molecular weight excluding hydrogens is 446 g/mol. The Kier molecular flexibility index (Phi) is 6.22. The highest BCUT2D eigenvalue weighted by molar-refractivity contribution is 7.88. The summed E-state index contributed by atoms with van der Waals surface area (Å²) in [6.07, 6.45) is 1.28. The highest BCUT2D eigenvalue weighted by Crippen LogP contribution is 2.25. The zero-order chi connectivity index (χ0) is 23.4. The number of rotatable bonds is 7. The van der Waals surface area contributed by atoms with Crippen LogP contribution in [-0.4, -0.2) is 48.1 Å². The van der Waals surface area contributed by atoms with E-state index in [1.807, 2.05) is 42.5 Å². The average molecular weight is 468 g/mol. The Bertz CT molecular complexity index is 1310. The molecule has 1 amide bonds. The molecule has 2 heterocycles. The van der Waals surface area contributed by atoms with E-state index in [1.165, 1.54) is 13.1 Å². The second-order valence-corrected chi connectivity index (χ2v) is 8.70. The number of carbonyl (C=O) groups is 1. The number of aromatic nitrogens is 2. The van der Waals surface area contributed by atoms with Gasteiger partial charge in [-0.15, -0.1) is 4.40 Å². The van der Waals surface area contributed by atoms with Gasteiger partial charge in [0, 0.05) is 18.3 Å². The molecule has 0 saturated heterocycles. The van der Waals surface area contributed by atoms with Crippen molar-refractivity contribution in [3.63, 3.8) is 0 Å². The van der Waals surface area contributed by atoms with Crippen LogP contribution in [0.5, 0.6) is 5.75 Å². The van der Waals surface area contributed by atoms with Crippen LogP contribution in [0.4, 0.5) is 0 Å². The maximum absolute atomic E-state index is 12.5. The molecule has 170 valence electrons. The standard InChI is InChI=1S/C22H21N5O5S/c1-15-19(22-24-21(25-32-22)17-6-4-3-5-7-17)13-27(33(29,30)26-15)14-20(28)23-12-16-8-10-18(31-2)11-9-16/h3-11,13H,12,14H2,1-2H3,(H,23,28). The minimum atomic E-state index is -4.07. The number of nitrogens with zero attached hydrogens (tertiary/aromatic N) is 4. The minimum Gasteiger partial charge on any atom is -0.497 e. The molecule has 1 aliphatic rings. The van der Waals surface area contributed by atoms with E-state index in [2.05, 4.69) is 19.9 Å². The van der Waals surface area contributed by atoms with Crippen molar-refractivity contribution < 1.29 is 22.5 Å². The molecule has 4 rings (SSSR count). The van der Waals surface area contributed by atoms with Crippen molar-refractivity contribution in [3.05, 3.63) is 72.3 Å². The molecular formula is C22H21N5O5S. The van der Waals surface area contributed by atoms with Crippen LogP contribution in [0.1, 0.15) is 18.4 Å². The molecule has 0 fully saturated rings. The summed E-state index contributed by atoms with van der Waals surface area (Å²) < 4.78 is 40.1. The topological polar surface area (TPSA) is 127 Å². The summed E-state index contributed by atoms with van der Waals surface area (Å²) in [5.74, 6) is 0.673. The van der Waals surface area contributed by atoms with Crippen molar-refractivity contribution in [1.82, 2.24) is 19.8 Å². The summed E-state index contributed by atoms with van der Waals surface area (Å²) in [5, 5.41) is 6.65. The largest absolute Gasteiger partial charge is 0.497 e. The lowest BCUT2D eigenvalue weighted by Gasteiger charge is -2.22. The summed E-state index contributed by atoms with van der Waals surface area (Å²) in [6, 6.07) is 16.4. The summed E-state index contributed by atoms with van der Waals surface area (Å²) in [6.45, 7) is 1.31. The molecule has 0 spiro atoms. The fourth-order valence-corrected chi connectivity index (χ4v) is 4.16. The molecule has 0 saturated carbocycles. The van der Waals surface area contributed by atoms with Gasteiger partial charge in [0.1, 0.15) is 12.3 Å². The first-order valence-corrected chi connectivity index (χ1v) is 11.3. The molecule has 33 heavy (non-hydrogen) atoms. The van der Waals surface area contributed by atoms with Crippen molar-refractivity contribution in [2.75, 3.05) is 13.7 Å². The molecule has 0 unspecified atom stereocenters. The maximum Gasteiger partial charge on any atom is 0.344 e. The number of allylic oxidation sites excluding steroid dienone is 1. The summed E-state index contributed by atoms with van der Waals surface area (Å²) >= 11 is 0. The summed E-state index contributed by atoms with van der Waals surface area (Å²) in [4.78, 5) is 16.8. The molecule has 10 nitrogen and oxygen atoms in total. The quantitative estimate of drug-likeness (QED) is 0.565. The van der Waals surface area contributed by atoms with Crippen LogP contribution in [0, 0.1) is 0 Å². The molecule has 2 aromatic carbocycles. The monoisotopic (exact) mass is 467 g/mol. The van der Waals surface area contributed by atoms with Crippen LogP contribution in [0.25, 0.3) is 17.0 Å². The molecule has 0 aliphatic carbocycles. The SMILES string of the molecule is COc1ccc(CNC(=O)CN2C=C(c3nc(-c4ccccc4)no3)C(C)=NS2(=O)=O)cc1. The van der Waals surface area contributed by atoms with Gasteiger partial charge < -0.3 is 14.6 Å². The number of nitrogens with one attached hydrogen (secondary N) is 1. The molecule has 0 radical (unpaired) electrons. The highest BCUT2D eigenvalue weighted by atomic mass is 32.2. The maximum atomic E-state index is 12.5. The first-order chi connectivity index (χ1) is 15.9. The second-order valence-electron chi connectivity index (χ2n) is 7.16. The number of benzene rings is 2. The lowest BCUT2D eigenvalue weighted by molar-refractivity contribution is -0.121. The first kappa shape index (κ1) is 22.2. The molecule has 0 bridgehead atoms. The average Bonchev–Trinajstić information content (AvgIpc) is 3.30. The van der Waals surface area contributed by atoms with Gasteiger partial charge in [0.2, 0.25) is 11.7 Å². The lowest BCUT2D eigenvalue weighted by atomic mass is 10.2. The van der Waals surface area contributed by atoms with Crippen molar-refractivity contribution in [1.29, 1.82) is 0 Å². The second kappa shape index (κ2) is 9.25. The Balaban J connectivity index is 1.49. The van der Waals surface area contributed by atoms with Crippen LogP contribution < -0.4 is 10.1 Å². The fourth-order valence-electron chi connectivity index (χ4n) is 3.09. The normalized spacial score (nSPS) is 14.9. The van der Waals surface area contributed by atoms with E-state index < -0.39 is 22.7 Å². The number of ether oxygens (including phenoxy) is 1. The van der Waals surface area contributed by atoms with E-state index in [9.17, 15) is 13.2 Å². The first-order valence-electron chi connectivity index (χ1n) is 9.95. The van der Waals surface area contributed by atoms with Crippen molar-refractivity contribution in [3.8, 4) is 17.1 Å². The fraction of sp³-hybridized carbons (Fsp3) is 0.182. The Morgan fingerprint density at radius 1 is 1.12 bits per heavy atom. The Labute approximate surface area is 190 Å². The van der Waals surface area contributed by atoms with Gasteiger partial charge in [0.25, 0.3) is 5.89 Å². The van der Waals surface area contributed by atoms with Crippen molar-refractivity contribution in [2.24, 2.45) is 4.40 Å². The van der Waals surface area contributed by atoms with E-state index in [0.717, 1.165) is 15.4 Å². The van der Waals surface area contributed by atoms with E-state index in [-0.39, 0.29) is 18.1 Å². The number of methoxy groups -OCH3 is 1. The van der Waals surface area contributed by atoms with E-state index in [0.29, 0.717) is 17.1 Å². The van der Waals surface area contributed by atoms with Crippen LogP contribution in [0.2, 0.25) is 0 Å². The van der Waals surface area contributed by atoms with Gasteiger partial charge in [-0.2, -0.15) is 13.4 Å². The number of hydrogen-bond acceptors (Lipinski definition) is 7. The predicted octanol–water partition coefficient (Wildman–Crippen LogP) is 2.42. The summed E-state index contributed by atoms with van der Waals surface area (Å²) in [7, 11) is -2.50. The highest BCUT2D eigenvalue weighted by Gasteiger charge is 2.29. The molecule has 0 atom stereocenters. The molecule has 11 heteroatoms. The third-order valence-corrected chi connectivity index (χ3v) is 6.18. The minimum absolute atomic E-state index is 0.105. The van der Waals surface area contributed by atoms with Crippen LogP contribution in [0.15, 0.2) is 69.7 Å². The van der Waals surface area contributed by atoms with E-state index in [4.69, 9.17) is 9.26 Å². The Morgan fingerprint density at radius 2 is 1.85 bits per heavy atom. The van der Waals surface area contributed by atoms with Gasteiger partial charge in [-0.1, -0.05) is 47.6 Å². The molecule has 1 aromatic heterocycles. The van der Waals surface area contributed by atoms with Gasteiger partial charge in [-0.05, 0) is 24.6 Å². The van der Waals surface area contributed by atoms with E-state index >= 15 is 0 Å². The number of amides is 1. The van der Waals surface area contributed by atoms with Gasteiger partial charge in [-0.25, -0.2) is 4.31 Å². The van der Waals surface area contributed by atoms with Crippen LogP contribution in [0.3, 0.4) is 0 Å². The van der Waals surface area contributed by atoms with Gasteiger partial charge in [0.15, 0.2) is 0 Å². The van der Waals surface area contributed by atoms with E-state index in [1.54, 1.807) is 19.2 Å². The lowest BCUT2D eigenvalue weighted by Crippen LogP contribution is -2.38. The predicted molar refractivity (Wildman–Crippen MR) is 121 cm³/mol. The molecule has 3 aromatic rings.